The van der Waals surface area contributed by atoms with Crippen LogP contribution in [0.3, 0.4) is 0 Å². The summed E-state index contributed by atoms with van der Waals surface area (Å²) in [5.74, 6) is 0.532. The van der Waals surface area contributed by atoms with Gasteiger partial charge in [0.2, 0.25) is 5.91 Å². The predicted octanol–water partition coefficient (Wildman–Crippen LogP) is 1.16. The van der Waals surface area contributed by atoms with Crippen molar-refractivity contribution in [2.24, 2.45) is 5.92 Å². The van der Waals surface area contributed by atoms with Gasteiger partial charge in [0.05, 0.1) is 12.6 Å². The van der Waals surface area contributed by atoms with Gasteiger partial charge in [0, 0.05) is 6.08 Å². The second-order valence-electron chi connectivity index (χ2n) is 4.22. The molecule has 1 fully saturated rings. The van der Waals surface area contributed by atoms with Crippen molar-refractivity contribution in [3.8, 4) is 0 Å². The highest BCUT2D eigenvalue weighted by Gasteiger charge is 2.48. The van der Waals surface area contributed by atoms with Crippen molar-refractivity contribution < 1.29 is 9.53 Å². The van der Waals surface area contributed by atoms with Crippen molar-refractivity contribution >= 4 is 5.91 Å². The van der Waals surface area contributed by atoms with E-state index in [1.54, 1.807) is 6.08 Å². The van der Waals surface area contributed by atoms with E-state index in [1.165, 1.54) is 0 Å². The largest absolute Gasteiger partial charge is 0.350 e. The monoisotopic (exact) mass is 181 g/mol. The molecule has 2 heterocycles. The maximum absolute atomic E-state index is 11.5. The van der Waals surface area contributed by atoms with E-state index in [9.17, 15) is 4.79 Å². The average Bonchev–Trinajstić information content (AvgIpc) is 2.50. The van der Waals surface area contributed by atoms with Crippen LogP contribution in [0.25, 0.3) is 0 Å². The van der Waals surface area contributed by atoms with Crippen molar-refractivity contribution in [3.05, 3.63) is 12.2 Å². The molecule has 13 heavy (non-hydrogen) atoms. The van der Waals surface area contributed by atoms with E-state index in [2.05, 4.69) is 13.8 Å². The molecule has 0 aliphatic carbocycles. The second kappa shape index (κ2) is 2.58. The van der Waals surface area contributed by atoms with Crippen LogP contribution in [0, 0.1) is 5.92 Å². The van der Waals surface area contributed by atoms with Gasteiger partial charge in [0.25, 0.3) is 0 Å². The molecular formula is C10H15NO2. The Labute approximate surface area is 78.4 Å². The minimum absolute atomic E-state index is 0.0821. The molecule has 0 radical (unpaired) electrons. The van der Waals surface area contributed by atoms with Crippen LogP contribution in [-0.2, 0) is 9.53 Å². The predicted molar refractivity (Wildman–Crippen MR) is 49.0 cm³/mol. The molecule has 0 spiro atoms. The molecule has 1 saturated heterocycles. The Morgan fingerprint density at radius 1 is 1.69 bits per heavy atom. The highest BCUT2D eigenvalue weighted by molar-refractivity contribution is 5.91. The molecule has 0 aromatic rings. The Bertz CT molecular complexity index is 272. The van der Waals surface area contributed by atoms with Crippen LogP contribution in [0.15, 0.2) is 12.2 Å². The summed E-state index contributed by atoms with van der Waals surface area (Å²) in [6, 6.07) is 0.229. The second-order valence-corrected chi connectivity index (χ2v) is 4.22. The third-order valence-electron chi connectivity index (χ3n) is 2.90. The number of rotatable bonds is 1. The normalized spacial score (nSPS) is 37.7. The first kappa shape index (κ1) is 8.75. The maximum Gasteiger partial charge on any atom is 0.249 e. The summed E-state index contributed by atoms with van der Waals surface area (Å²) >= 11 is 0. The van der Waals surface area contributed by atoms with Gasteiger partial charge in [0.15, 0.2) is 5.72 Å². The zero-order valence-corrected chi connectivity index (χ0v) is 8.28. The van der Waals surface area contributed by atoms with E-state index in [4.69, 9.17) is 4.74 Å². The van der Waals surface area contributed by atoms with Crippen LogP contribution < -0.4 is 0 Å². The number of amides is 1. The van der Waals surface area contributed by atoms with Crippen molar-refractivity contribution in [1.82, 2.24) is 4.90 Å². The van der Waals surface area contributed by atoms with E-state index >= 15 is 0 Å². The van der Waals surface area contributed by atoms with Gasteiger partial charge in [0.1, 0.15) is 0 Å². The number of hydrogen-bond donors (Lipinski definition) is 0. The molecule has 72 valence electrons. The fraction of sp³-hybridized carbons (Fsp3) is 0.700. The topological polar surface area (TPSA) is 29.5 Å². The fourth-order valence-corrected chi connectivity index (χ4v) is 2.03. The summed E-state index contributed by atoms with van der Waals surface area (Å²) in [5, 5.41) is 0. The van der Waals surface area contributed by atoms with Gasteiger partial charge < -0.3 is 9.64 Å². The molecule has 3 nitrogen and oxygen atoms in total. The Morgan fingerprint density at radius 2 is 2.38 bits per heavy atom. The number of nitrogens with zero attached hydrogens (tertiary/aromatic N) is 1. The van der Waals surface area contributed by atoms with Gasteiger partial charge in [-0.2, -0.15) is 0 Å². The molecule has 0 unspecified atom stereocenters. The van der Waals surface area contributed by atoms with E-state index in [-0.39, 0.29) is 11.9 Å². The molecule has 2 atom stereocenters. The smallest absolute Gasteiger partial charge is 0.249 e. The number of ether oxygens (including phenoxy) is 1. The lowest BCUT2D eigenvalue weighted by atomic mass is 10.0. The highest BCUT2D eigenvalue weighted by atomic mass is 16.5. The van der Waals surface area contributed by atoms with Crippen LogP contribution in [-0.4, -0.2) is 29.2 Å². The fourth-order valence-electron chi connectivity index (χ4n) is 2.03. The quantitative estimate of drug-likeness (QED) is 0.607. The molecule has 0 aromatic heterocycles. The molecule has 0 saturated carbocycles. The minimum Gasteiger partial charge on any atom is -0.350 e. The Balaban J connectivity index is 2.28. The van der Waals surface area contributed by atoms with E-state index in [0.717, 1.165) is 0 Å². The number of carbonyl (C=O) groups is 1. The first-order valence-electron chi connectivity index (χ1n) is 4.71. The summed E-state index contributed by atoms with van der Waals surface area (Å²) in [7, 11) is 0. The molecule has 2 aliphatic heterocycles. The number of fused-ring (bicyclic) bond motifs is 1. The lowest BCUT2D eigenvalue weighted by Crippen LogP contribution is -2.45. The van der Waals surface area contributed by atoms with E-state index in [1.807, 2.05) is 17.9 Å². The van der Waals surface area contributed by atoms with Crippen molar-refractivity contribution in [1.29, 1.82) is 0 Å². The summed E-state index contributed by atoms with van der Waals surface area (Å²) in [5.41, 5.74) is -0.466. The van der Waals surface area contributed by atoms with Gasteiger partial charge in [-0.05, 0) is 18.9 Å². The highest BCUT2D eigenvalue weighted by Crippen LogP contribution is 2.35. The third kappa shape index (κ3) is 1.10. The van der Waals surface area contributed by atoms with Gasteiger partial charge in [-0.25, -0.2) is 0 Å². The van der Waals surface area contributed by atoms with Gasteiger partial charge in [-0.1, -0.05) is 13.8 Å². The first-order valence-corrected chi connectivity index (χ1v) is 4.71. The summed E-state index contributed by atoms with van der Waals surface area (Å²) in [6.07, 6.45) is 3.45. The van der Waals surface area contributed by atoms with Crippen molar-refractivity contribution in [3.63, 3.8) is 0 Å². The molecular weight excluding hydrogens is 166 g/mol. The molecule has 2 rings (SSSR count). The van der Waals surface area contributed by atoms with E-state index < -0.39 is 5.72 Å². The van der Waals surface area contributed by atoms with Crippen molar-refractivity contribution in [2.45, 2.75) is 32.5 Å². The first-order chi connectivity index (χ1) is 6.04. The SMILES string of the molecule is CC(C)[C@@H]1CO[C@@]2(C)C=CC(=O)N12. The molecule has 0 bridgehead atoms. The zero-order chi connectivity index (χ0) is 9.64. The van der Waals surface area contributed by atoms with E-state index in [0.29, 0.717) is 12.5 Å². The summed E-state index contributed by atoms with van der Waals surface area (Å²) in [4.78, 5) is 13.4. The number of carbonyl (C=O) groups excluding carboxylic acids is 1. The zero-order valence-electron chi connectivity index (χ0n) is 8.28. The van der Waals surface area contributed by atoms with Gasteiger partial charge in [-0.3, -0.25) is 4.79 Å². The van der Waals surface area contributed by atoms with Gasteiger partial charge in [-0.15, -0.1) is 0 Å². The Kier molecular flexibility index (Phi) is 1.74. The van der Waals surface area contributed by atoms with Crippen LogP contribution in [0.1, 0.15) is 20.8 Å². The molecule has 1 amide bonds. The summed E-state index contributed by atoms with van der Waals surface area (Å²) < 4.78 is 5.63. The average molecular weight is 181 g/mol. The van der Waals surface area contributed by atoms with Crippen LogP contribution in [0.4, 0.5) is 0 Å². The molecule has 3 heteroatoms. The minimum atomic E-state index is -0.466. The van der Waals surface area contributed by atoms with Gasteiger partial charge >= 0.3 is 0 Å². The Morgan fingerprint density at radius 3 is 3.00 bits per heavy atom. The van der Waals surface area contributed by atoms with Crippen LogP contribution in [0.2, 0.25) is 0 Å². The summed E-state index contributed by atoms with van der Waals surface area (Å²) in [6.45, 7) is 6.83. The lowest BCUT2D eigenvalue weighted by molar-refractivity contribution is -0.134. The van der Waals surface area contributed by atoms with Crippen molar-refractivity contribution in [2.75, 3.05) is 6.61 Å². The lowest BCUT2D eigenvalue weighted by Gasteiger charge is -2.30. The third-order valence-corrected chi connectivity index (χ3v) is 2.90. The Hall–Kier alpha value is -0.830. The molecule has 0 aromatic carbocycles. The molecule has 0 N–H and O–H groups in total. The van der Waals surface area contributed by atoms with Crippen LogP contribution in [0.5, 0.6) is 0 Å². The van der Waals surface area contributed by atoms with Crippen LogP contribution >= 0.6 is 0 Å². The molecule has 2 aliphatic rings. The standard InChI is InChI=1S/C10H15NO2/c1-7(2)8-6-13-10(3)5-4-9(12)11(8)10/h4-5,7-8H,6H2,1-3H3/t8-,10-/m0/s1. The maximum atomic E-state index is 11.5. The number of hydrogen-bond acceptors (Lipinski definition) is 2.